The van der Waals surface area contributed by atoms with Crippen molar-refractivity contribution in [2.75, 3.05) is 12.4 Å². The van der Waals surface area contributed by atoms with Gasteiger partial charge in [0.2, 0.25) is 11.6 Å². The quantitative estimate of drug-likeness (QED) is 0.184. The number of aromatic nitrogens is 4. The molecular formula is C12H18F2N5O13P3. The van der Waals surface area contributed by atoms with E-state index in [1.165, 1.54) is 0 Å². The summed E-state index contributed by atoms with van der Waals surface area (Å²) in [6.45, 7) is -0.990. The third-order valence-corrected chi connectivity index (χ3v) is 8.51. The van der Waals surface area contributed by atoms with Crippen LogP contribution in [0.25, 0.3) is 11.2 Å². The van der Waals surface area contributed by atoms with Crippen LogP contribution in [0.5, 0.6) is 0 Å². The molecule has 35 heavy (non-hydrogen) atoms. The largest absolute Gasteiger partial charge is 0.490 e. The molecule has 1 fully saturated rings. The number of phosphoric acid groups is 3. The molecule has 3 heterocycles. The molecular weight excluding hydrogens is 553 g/mol. The van der Waals surface area contributed by atoms with Crippen molar-refractivity contribution in [3.8, 4) is 0 Å². The predicted molar refractivity (Wildman–Crippen MR) is 107 cm³/mol. The maximum Gasteiger partial charge on any atom is 0.490 e. The number of ether oxygens (including phenoxy) is 1. The molecule has 0 bridgehead atoms. The molecule has 23 heteroatoms. The van der Waals surface area contributed by atoms with Gasteiger partial charge in [0.1, 0.15) is 18.9 Å². The van der Waals surface area contributed by atoms with Crippen LogP contribution in [0.4, 0.5) is 14.7 Å². The fraction of sp³-hybridized carbons (Fsp3) is 0.583. The van der Waals surface area contributed by atoms with Gasteiger partial charge in [0, 0.05) is 0 Å². The van der Waals surface area contributed by atoms with Crippen molar-refractivity contribution >= 4 is 40.6 Å². The molecule has 1 aliphatic rings. The van der Waals surface area contributed by atoms with Gasteiger partial charge < -0.3 is 35.2 Å². The van der Waals surface area contributed by atoms with E-state index in [1.54, 1.807) is 0 Å². The fourth-order valence-electron chi connectivity index (χ4n) is 3.25. The standard InChI is InChI=1S/C12H18F2N5O13P3/c1-4(30-34(25,26)32-35(27,28)31-33(22,23)24)6-7(20)12(14,2-13)10(29-6)19-3-16-5-8(19)17-11(15)18-9(5)21/h3-4,6-7,10,20H,2H2,1H3,(H,25,26)(H,27,28)(H2,22,23,24)(H3,15,17,18,21)/t4-,6+,7-,10+,12?/m0/s1. The molecule has 198 valence electrons. The summed E-state index contributed by atoms with van der Waals surface area (Å²) in [5.41, 5.74) is 0.661. The number of nitrogens with one attached hydrogen (secondary N) is 1. The molecule has 0 amide bonds. The summed E-state index contributed by atoms with van der Waals surface area (Å²) >= 11 is 0. The molecule has 3 unspecified atom stereocenters. The van der Waals surface area contributed by atoms with Crippen LogP contribution in [0.3, 0.4) is 0 Å². The van der Waals surface area contributed by atoms with E-state index >= 15 is 4.39 Å². The number of fused-ring (bicyclic) bond motifs is 1. The third-order valence-electron chi connectivity index (χ3n) is 4.59. The Hall–Kier alpha value is -1.66. The highest BCUT2D eigenvalue weighted by atomic mass is 31.3. The summed E-state index contributed by atoms with van der Waals surface area (Å²) < 4.78 is 81.2. The number of aliphatic hydroxyl groups is 1. The van der Waals surface area contributed by atoms with Gasteiger partial charge in [0.25, 0.3) is 5.56 Å². The second-order valence-corrected chi connectivity index (χ2v) is 11.5. The molecule has 0 aliphatic carbocycles. The van der Waals surface area contributed by atoms with E-state index in [1.807, 2.05) is 0 Å². The summed E-state index contributed by atoms with van der Waals surface area (Å²) in [4.78, 5) is 57.5. The number of H-pyrrole nitrogens is 1. The van der Waals surface area contributed by atoms with E-state index in [4.69, 9.17) is 20.3 Å². The van der Waals surface area contributed by atoms with Crippen molar-refractivity contribution in [3.63, 3.8) is 0 Å². The lowest BCUT2D eigenvalue weighted by Gasteiger charge is -2.26. The molecule has 18 nitrogen and oxygen atoms in total. The number of halogens is 2. The van der Waals surface area contributed by atoms with E-state index in [0.29, 0.717) is 0 Å². The summed E-state index contributed by atoms with van der Waals surface area (Å²) in [7, 11) is -17.2. The number of hydrogen-bond acceptors (Lipinski definition) is 12. The van der Waals surface area contributed by atoms with Crippen molar-refractivity contribution in [1.29, 1.82) is 0 Å². The van der Waals surface area contributed by atoms with E-state index in [0.717, 1.165) is 17.8 Å². The highest BCUT2D eigenvalue weighted by Crippen LogP contribution is 2.66. The Morgan fingerprint density at radius 1 is 1.29 bits per heavy atom. The van der Waals surface area contributed by atoms with Crippen LogP contribution < -0.4 is 11.3 Å². The maximum absolute atomic E-state index is 15.5. The van der Waals surface area contributed by atoms with Gasteiger partial charge >= 0.3 is 23.5 Å². The van der Waals surface area contributed by atoms with Gasteiger partial charge in [-0.15, -0.1) is 0 Å². The van der Waals surface area contributed by atoms with Crippen LogP contribution in [-0.2, 0) is 31.6 Å². The van der Waals surface area contributed by atoms with Gasteiger partial charge in [0.05, 0.1) is 12.4 Å². The van der Waals surface area contributed by atoms with Gasteiger partial charge in [0.15, 0.2) is 17.4 Å². The smallest absolute Gasteiger partial charge is 0.387 e. The molecule has 0 radical (unpaired) electrons. The predicted octanol–water partition coefficient (Wildman–Crippen LogP) is -0.630. The number of nitrogen functional groups attached to an aromatic ring is 1. The lowest BCUT2D eigenvalue weighted by atomic mass is 9.95. The summed E-state index contributed by atoms with van der Waals surface area (Å²) in [5.74, 6) is -0.412. The number of rotatable bonds is 9. The van der Waals surface area contributed by atoms with Crippen LogP contribution in [0.15, 0.2) is 11.1 Å². The van der Waals surface area contributed by atoms with E-state index < -0.39 is 71.9 Å². The number of phosphoric ester groups is 1. The first-order valence-electron chi connectivity index (χ1n) is 9.02. The molecule has 2 aromatic rings. The molecule has 2 aromatic heterocycles. The van der Waals surface area contributed by atoms with Crippen LogP contribution >= 0.6 is 23.5 Å². The van der Waals surface area contributed by atoms with Gasteiger partial charge in [-0.3, -0.25) is 18.9 Å². The van der Waals surface area contributed by atoms with E-state index in [2.05, 4.69) is 28.1 Å². The number of hydrogen-bond donors (Lipinski definition) is 7. The minimum atomic E-state index is -5.86. The Bertz CT molecular complexity index is 1320. The summed E-state index contributed by atoms with van der Waals surface area (Å²) in [5, 5.41) is 10.4. The zero-order chi connectivity index (χ0) is 26.6. The SMILES string of the molecule is C[C@H](OP(=O)(O)OP(=O)(O)OP(=O)(O)O)[C@H]1O[C@@H](n2cnc3c(=O)[nH]c(N)nc32)C(F)(CF)[C@H]1O. The first-order valence-corrected chi connectivity index (χ1v) is 13.5. The molecule has 8 N–H and O–H groups in total. The van der Waals surface area contributed by atoms with Crippen LogP contribution in [0.2, 0.25) is 0 Å². The molecule has 0 spiro atoms. The van der Waals surface area contributed by atoms with Crippen molar-refractivity contribution in [2.24, 2.45) is 0 Å². The van der Waals surface area contributed by atoms with Gasteiger partial charge in [-0.25, -0.2) is 27.5 Å². The molecule has 0 aromatic carbocycles. The van der Waals surface area contributed by atoms with Crippen LogP contribution in [0.1, 0.15) is 13.2 Å². The maximum atomic E-state index is 15.5. The minimum Gasteiger partial charge on any atom is -0.387 e. The zero-order valence-corrected chi connectivity index (χ0v) is 19.8. The van der Waals surface area contributed by atoms with Gasteiger partial charge in [-0.1, -0.05) is 0 Å². The number of aliphatic hydroxyl groups excluding tert-OH is 1. The number of alkyl halides is 2. The Balaban J connectivity index is 1.88. The molecule has 3 rings (SSSR count). The number of imidazole rings is 1. The monoisotopic (exact) mass is 571 g/mol. The summed E-state index contributed by atoms with van der Waals surface area (Å²) in [6, 6.07) is 0. The van der Waals surface area contributed by atoms with E-state index in [-0.39, 0.29) is 11.2 Å². The Labute approximate surface area is 192 Å². The Kier molecular flexibility index (Phi) is 7.44. The third kappa shape index (κ3) is 5.85. The Morgan fingerprint density at radius 3 is 2.49 bits per heavy atom. The van der Waals surface area contributed by atoms with Crippen LogP contribution in [0, 0.1) is 0 Å². The molecule has 1 aliphatic heterocycles. The van der Waals surface area contributed by atoms with Crippen molar-refractivity contribution in [1.82, 2.24) is 19.5 Å². The average molecular weight is 571 g/mol. The fourth-order valence-corrected chi connectivity index (χ4v) is 6.45. The first kappa shape index (κ1) is 27.9. The van der Waals surface area contributed by atoms with Crippen molar-refractivity contribution in [3.05, 3.63) is 16.7 Å². The minimum absolute atomic E-state index is 0.344. The van der Waals surface area contributed by atoms with Gasteiger partial charge in [-0.2, -0.15) is 13.6 Å². The van der Waals surface area contributed by atoms with Gasteiger partial charge in [-0.05, 0) is 6.92 Å². The number of anilines is 1. The normalized spacial score (nSPS) is 29.7. The first-order chi connectivity index (χ1) is 15.9. The number of aromatic amines is 1. The number of nitrogens with two attached hydrogens (primary N) is 1. The lowest BCUT2D eigenvalue weighted by Crippen LogP contribution is -2.46. The highest BCUT2D eigenvalue weighted by Gasteiger charge is 2.61. The molecule has 7 atom stereocenters. The number of nitrogens with zero attached hydrogens (tertiary/aromatic N) is 3. The topological polar surface area (TPSA) is 279 Å². The summed E-state index contributed by atoms with van der Waals surface area (Å²) in [6.07, 6.45) is -7.49. The Morgan fingerprint density at radius 2 is 1.91 bits per heavy atom. The highest BCUT2D eigenvalue weighted by molar-refractivity contribution is 7.66. The van der Waals surface area contributed by atoms with Crippen LogP contribution in [-0.4, -0.2) is 74.9 Å². The van der Waals surface area contributed by atoms with Crippen molar-refractivity contribution in [2.45, 2.75) is 37.1 Å². The molecule has 1 saturated heterocycles. The lowest BCUT2D eigenvalue weighted by molar-refractivity contribution is -0.0819. The average Bonchev–Trinajstić information content (AvgIpc) is 3.18. The second-order valence-electron chi connectivity index (χ2n) is 7.14. The zero-order valence-electron chi connectivity index (χ0n) is 17.1. The van der Waals surface area contributed by atoms with E-state index in [9.17, 15) is 37.8 Å². The van der Waals surface area contributed by atoms with Crippen molar-refractivity contribution < 1.29 is 65.0 Å². The molecule has 0 saturated carbocycles. The second kappa shape index (κ2) is 9.33.